The number of rotatable bonds is 5. The van der Waals surface area contributed by atoms with Crippen molar-refractivity contribution >= 4 is 15.9 Å². The van der Waals surface area contributed by atoms with E-state index in [1.165, 1.54) is 12.1 Å². The third kappa shape index (κ3) is 5.77. The van der Waals surface area contributed by atoms with Gasteiger partial charge in [-0.1, -0.05) is 12.1 Å². The molecule has 0 saturated carbocycles. The molecule has 0 saturated heterocycles. The van der Waals surface area contributed by atoms with Crippen LogP contribution in [-0.4, -0.2) is 22.1 Å². The highest BCUT2D eigenvalue weighted by atomic mass is 79.9. The summed E-state index contributed by atoms with van der Waals surface area (Å²) in [5, 5.41) is 13.1. The summed E-state index contributed by atoms with van der Waals surface area (Å²) in [6.45, 7) is 5.34. The largest absolute Gasteiger partial charge is 0.416 e. The molecule has 0 bridgehead atoms. The Morgan fingerprint density at radius 1 is 1.12 bits per heavy atom. The zero-order valence-corrected chi connectivity index (χ0v) is 16.1. The van der Waals surface area contributed by atoms with Gasteiger partial charge in [-0.15, -0.1) is 0 Å². The lowest BCUT2D eigenvalue weighted by Crippen LogP contribution is -2.40. The number of pyridine rings is 1. The van der Waals surface area contributed by atoms with E-state index in [0.29, 0.717) is 15.7 Å². The molecule has 0 spiro atoms. The van der Waals surface area contributed by atoms with Gasteiger partial charge in [0, 0.05) is 10.7 Å². The van der Waals surface area contributed by atoms with Gasteiger partial charge < -0.3 is 9.84 Å². The van der Waals surface area contributed by atoms with Gasteiger partial charge in [-0.05, 0) is 66.5 Å². The van der Waals surface area contributed by atoms with Crippen LogP contribution in [0.15, 0.2) is 47.1 Å². The van der Waals surface area contributed by atoms with Crippen LogP contribution in [0.2, 0.25) is 0 Å². The van der Waals surface area contributed by atoms with E-state index in [1.54, 1.807) is 39.1 Å². The normalized spacial score (nSPS) is 14.9. The molecule has 1 aromatic heterocycles. The van der Waals surface area contributed by atoms with Gasteiger partial charge in [0.25, 0.3) is 0 Å². The molecule has 0 fully saturated rings. The first kappa shape index (κ1) is 20.8. The predicted molar refractivity (Wildman–Crippen MR) is 95.2 cm³/mol. The van der Waals surface area contributed by atoms with Gasteiger partial charge in [-0.3, -0.25) is 10.3 Å². The van der Waals surface area contributed by atoms with Crippen molar-refractivity contribution in [3.63, 3.8) is 0 Å². The number of nitrogens with one attached hydrogen (secondary N) is 1. The van der Waals surface area contributed by atoms with Crippen molar-refractivity contribution < 1.29 is 23.0 Å². The molecular formula is C18H20BrF3N2O2. The molecule has 2 aromatic rings. The molecule has 0 aliphatic carbocycles. The lowest BCUT2D eigenvalue weighted by molar-refractivity contribution is -0.184. The van der Waals surface area contributed by atoms with E-state index in [9.17, 15) is 18.3 Å². The number of aliphatic hydroxyl groups excluding tert-OH is 1. The van der Waals surface area contributed by atoms with Crippen LogP contribution >= 0.6 is 15.9 Å². The second kappa shape index (κ2) is 8.04. The van der Waals surface area contributed by atoms with Crippen LogP contribution in [0.5, 0.6) is 0 Å². The minimum atomic E-state index is -4.41. The molecule has 0 radical (unpaired) electrons. The molecule has 142 valence electrons. The van der Waals surface area contributed by atoms with E-state index in [4.69, 9.17) is 4.74 Å². The van der Waals surface area contributed by atoms with Gasteiger partial charge in [-0.2, -0.15) is 13.2 Å². The summed E-state index contributed by atoms with van der Waals surface area (Å²) in [6, 6.07) is 7.51. The van der Waals surface area contributed by atoms with E-state index in [1.807, 2.05) is 0 Å². The van der Waals surface area contributed by atoms with Crippen LogP contribution in [0, 0.1) is 0 Å². The standard InChI is InChI=1S/C18H20BrF3N2O2/c1-17(2,3)26-16(25)24-14(15-13(19)5-4-10-23-15)11-6-8-12(9-7-11)18(20,21)22/h4-10,14,16,24-25H,1-3H3. The van der Waals surface area contributed by atoms with Crippen LogP contribution < -0.4 is 5.32 Å². The summed E-state index contributed by atoms with van der Waals surface area (Å²) in [4.78, 5) is 4.28. The summed E-state index contributed by atoms with van der Waals surface area (Å²) >= 11 is 3.39. The highest BCUT2D eigenvalue weighted by Crippen LogP contribution is 2.32. The second-order valence-electron chi connectivity index (χ2n) is 6.67. The summed E-state index contributed by atoms with van der Waals surface area (Å²) in [5.74, 6) is 0. The van der Waals surface area contributed by atoms with Crippen LogP contribution in [0.3, 0.4) is 0 Å². The maximum Gasteiger partial charge on any atom is 0.416 e. The van der Waals surface area contributed by atoms with Crippen molar-refractivity contribution in [2.24, 2.45) is 0 Å². The number of aliphatic hydroxyl groups is 1. The highest BCUT2D eigenvalue weighted by molar-refractivity contribution is 9.10. The number of aromatic nitrogens is 1. The van der Waals surface area contributed by atoms with E-state index < -0.39 is 29.8 Å². The molecule has 2 N–H and O–H groups in total. The molecule has 4 nitrogen and oxygen atoms in total. The molecule has 1 heterocycles. The maximum atomic E-state index is 12.8. The number of hydrogen-bond donors (Lipinski definition) is 2. The Kier molecular flexibility index (Phi) is 6.44. The molecular weight excluding hydrogens is 413 g/mol. The van der Waals surface area contributed by atoms with Crippen molar-refractivity contribution in [3.05, 3.63) is 63.9 Å². The Labute approximate surface area is 158 Å². The van der Waals surface area contributed by atoms with E-state index in [2.05, 4.69) is 26.2 Å². The third-order valence-electron chi connectivity index (χ3n) is 3.41. The van der Waals surface area contributed by atoms with Crippen molar-refractivity contribution in [3.8, 4) is 0 Å². The lowest BCUT2D eigenvalue weighted by Gasteiger charge is -2.28. The number of benzene rings is 1. The molecule has 1 aromatic carbocycles. The zero-order valence-electron chi connectivity index (χ0n) is 14.5. The Morgan fingerprint density at radius 2 is 1.73 bits per heavy atom. The Morgan fingerprint density at radius 3 is 2.23 bits per heavy atom. The molecule has 0 aliphatic heterocycles. The molecule has 2 rings (SSSR count). The Balaban J connectivity index is 2.36. The molecule has 2 atom stereocenters. The maximum absolute atomic E-state index is 12.8. The first-order valence-corrected chi connectivity index (χ1v) is 8.66. The molecule has 0 aliphatic rings. The number of alkyl halides is 3. The first-order valence-electron chi connectivity index (χ1n) is 7.87. The fourth-order valence-electron chi connectivity index (χ4n) is 2.32. The monoisotopic (exact) mass is 432 g/mol. The van der Waals surface area contributed by atoms with Gasteiger partial charge >= 0.3 is 6.18 Å². The first-order chi connectivity index (χ1) is 12.0. The quantitative estimate of drug-likeness (QED) is 0.676. The van der Waals surface area contributed by atoms with Crippen molar-refractivity contribution in [2.75, 3.05) is 0 Å². The van der Waals surface area contributed by atoms with Crippen LogP contribution in [0.1, 0.15) is 43.6 Å². The van der Waals surface area contributed by atoms with Crippen molar-refractivity contribution in [1.29, 1.82) is 0 Å². The Bertz CT molecular complexity index is 730. The van der Waals surface area contributed by atoms with Crippen molar-refractivity contribution in [2.45, 2.75) is 45.0 Å². The number of hydrogen-bond acceptors (Lipinski definition) is 4. The fraction of sp³-hybridized carbons (Fsp3) is 0.389. The van der Waals surface area contributed by atoms with Crippen LogP contribution in [0.25, 0.3) is 0 Å². The van der Waals surface area contributed by atoms with Gasteiger partial charge in [-0.25, -0.2) is 0 Å². The molecule has 8 heteroatoms. The molecule has 26 heavy (non-hydrogen) atoms. The molecule has 2 unspecified atom stereocenters. The van der Waals surface area contributed by atoms with Crippen molar-refractivity contribution in [1.82, 2.24) is 10.3 Å². The fourth-order valence-corrected chi connectivity index (χ4v) is 2.80. The van der Waals surface area contributed by atoms with Gasteiger partial charge in [0.05, 0.1) is 22.9 Å². The number of halogens is 4. The van der Waals surface area contributed by atoms with Crippen LogP contribution in [0.4, 0.5) is 13.2 Å². The minimum absolute atomic E-state index is 0.508. The second-order valence-corrected chi connectivity index (χ2v) is 7.53. The summed E-state index contributed by atoms with van der Waals surface area (Å²) in [6.07, 6.45) is -4.19. The zero-order chi connectivity index (χ0) is 19.5. The van der Waals surface area contributed by atoms with Gasteiger partial charge in [0.2, 0.25) is 6.41 Å². The van der Waals surface area contributed by atoms with Crippen LogP contribution in [-0.2, 0) is 10.9 Å². The predicted octanol–water partition coefficient (Wildman–Crippen LogP) is 4.63. The number of ether oxygens (including phenoxy) is 1. The average Bonchev–Trinajstić information content (AvgIpc) is 2.51. The van der Waals surface area contributed by atoms with E-state index >= 15 is 0 Å². The highest BCUT2D eigenvalue weighted by Gasteiger charge is 2.31. The summed E-state index contributed by atoms with van der Waals surface area (Å²) in [5.41, 5.74) is -0.331. The lowest BCUT2D eigenvalue weighted by atomic mass is 10.0. The summed E-state index contributed by atoms with van der Waals surface area (Å²) in [7, 11) is 0. The smallest absolute Gasteiger partial charge is 0.356 e. The van der Waals surface area contributed by atoms with Gasteiger partial charge in [0.15, 0.2) is 0 Å². The third-order valence-corrected chi connectivity index (χ3v) is 4.08. The van der Waals surface area contributed by atoms with Gasteiger partial charge in [0.1, 0.15) is 0 Å². The van der Waals surface area contributed by atoms with E-state index in [-0.39, 0.29) is 0 Å². The summed E-state index contributed by atoms with van der Waals surface area (Å²) < 4.78 is 44.5. The topological polar surface area (TPSA) is 54.4 Å². The minimum Gasteiger partial charge on any atom is -0.356 e. The van der Waals surface area contributed by atoms with E-state index in [0.717, 1.165) is 12.1 Å². The Hall–Kier alpha value is -1.48. The number of nitrogens with zero attached hydrogens (tertiary/aromatic N) is 1. The average molecular weight is 433 g/mol. The SMILES string of the molecule is CC(C)(C)OC(O)NC(c1ccc(C(F)(F)F)cc1)c1ncccc1Br. The molecule has 0 amide bonds.